The Labute approximate surface area is 250 Å². The molecule has 42 heavy (non-hydrogen) atoms. The number of carbonyl (C=O) groups is 2. The predicted octanol–water partition coefficient (Wildman–Crippen LogP) is 5.54. The number of hydrogen-bond acceptors (Lipinski definition) is 5. The Morgan fingerprint density at radius 1 is 0.929 bits per heavy atom. The zero-order valence-electron chi connectivity index (χ0n) is 25.5. The van der Waals surface area contributed by atoms with Gasteiger partial charge in [0, 0.05) is 13.1 Å². The summed E-state index contributed by atoms with van der Waals surface area (Å²) in [6, 6.07) is 18.5. The van der Waals surface area contributed by atoms with Crippen LogP contribution in [0.15, 0.2) is 71.6 Å². The van der Waals surface area contributed by atoms with Gasteiger partial charge >= 0.3 is 0 Å². The van der Waals surface area contributed by atoms with Gasteiger partial charge in [0.15, 0.2) is 0 Å². The van der Waals surface area contributed by atoms with Crippen molar-refractivity contribution in [1.29, 1.82) is 0 Å². The van der Waals surface area contributed by atoms with Crippen LogP contribution >= 0.6 is 0 Å². The first-order chi connectivity index (χ1) is 20.0. The van der Waals surface area contributed by atoms with Crippen molar-refractivity contribution in [2.75, 3.05) is 24.5 Å². The van der Waals surface area contributed by atoms with Crippen LogP contribution in [-0.4, -0.2) is 51.4 Å². The topological polar surface area (TPSA) is 96.0 Å². The number of sulfonamides is 1. The number of aryl methyl sites for hydroxylation is 3. The fourth-order valence-electron chi connectivity index (χ4n) is 4.83. The Kier molecular flexibility index (Phi) is 11.6. The highest BCUT2D eigenvalue weighted by Crippen LogP contribution is 2.29. The van der Waals surface area contributed by atoms with Crippen LogP contribution in [0.5, 0.6) is 5.75 Å². The lowest BCUT2D eigenvalue weighted by Crippen LogP contribution is -2.52. The number of anilines is 1. The van der Waals surface area contributed by atoms with Gasteiger partial charge in [0.25, 0.3) is 10.0 Å². The lowest BCUT2D eigenvalue weighted by atomic mass is 10.1. The number of ether oxygens (including phenoxy) is 1. The first kappa shape index (κ1) is 32.7. The van der Waals surface area contributed by atoms with Crippen molar-refractivity contribution in [3.05, 3.63) is 89.0 Å². The largest absolute Gasteiger partial charge is 0.497 e. The fraction of sp³-hybridized carbons (Fsp3) is 0.394. The molecule has 3 rings (SSSR count). The lowest BCUT2D eigenvalue weighted by molar-refractivity contribution is -0.140. The number of methoxy groups -OCH3 is 1. The number of amides is 2. The van der Waals surface area contributed by atoms with Gasteiger partial charge in [0.1, 0.15) is 18.3 Å². The Morgan fingerprint density at radius 2 is 1.62 bits per heavy atom. The van der Waals surface area contributed by atoms with E-state index in [0.717, 1.165) is 39.4 Å². The number of nitrogens with one attached hydrogen (secondary N) is 1. The van der Waals surface area contributed by atoms with E-state index < -0.39 is 28.5 Å². The molecule has 9 heteroatoms. The fourth-order valence-corrected chi connectivity index (χ4v) is 6.31. The van der Waals surface area contributed by atoms with Crippen LogP contribution in [0.25, 0.3) is 0 Å². The summed E-state index contributed by atoms with van der Waals surface area (Å²) in [7, 11) is -2.56. The number of hydrogen-bond donors (Lipinski definition) is 1. The number of rotatable bonds is 14. The maximum absolute atomic E-state index is 14.2. The van der Waals surface area contributed by atoms with E-state index in [2.05, 4.69) is 5.32 Å². The Morgan fingerprint density at radius 3 is 2.24 bits per heavy atom. The van der Waals surface area contributed by atoms with E-state index in [1.165, 1.54) is 4.90 Å². The number of carbonyl (C=O) groups excluding carboxylic acids is 2. The normalized spacial score (nSPS) is 12.0. The molecule has 0 spiro atoms. The molecule has 0 aliphatic carbocycles. The minimum Gasteiger partial charge on any atom is -0.497 e. The van der Waals surface area contributed by atoms with Crippen LogP contribution in [0.4, 0.5) is 5.69 Å². The Balaban J connectivity index is 2.08. The van der Waals surface area contributed by atoms with Crippen molar-refractivity contribution >= 4 is 27.5 Å². The standard InChI is InChI=1S/C33H43N3O5S/c1-7-9-19-34-33(38)30(8-2)35(22-27-11-10-12-28(21-27)41-6)32(37)23-36(31-18-15-25(4)20-26(31)5)42(39,40)29-16-13-24(3)14-17-29/h10-18,20-21,30H,7-9,19,22-23H2,1-6H3,(H,34,38)/t30-/m0/s1. The molecular weight excluding hydrogens is 550 g/mol. The van der Waals surface area contributed by atoms with Crippen LogP contribution in [-0.2, 0) is 26.2 Å². The van der Waals surface area contributed by atoms with E-state index in [0.29, 0.717) is 24.4 Å². The Hall–Kier alpha value is -3.85. The SMILES string of the molecule is CCCCNC(=O)[C@H](CC)N(Cc1cccc(OC)c1)C(=O)CN(c1ccc(C)cc1C)S(=O)(=O)c1ccc(C)cc1. The molecule has 0 aliphatic rings. The minimum atomic E-state index is -4.12. The third kappa shape index (κ3) is 8.12. The highest BCUT2D eigenvalue weighted by molar-refractivity contribution is 7.92. The van der Waals surface area contributed by atoms with Crippen LogP contribution in [0.1, 0.15) is 55.4 Å². The summed E-state index contributed by atoms with van der Waals surface area (Å²) in [6.07, 6.45) is 2.11. The van der Waals surface area contributed by atoms with Gasteiger partial charge in [-0.15, -0.1) is 0 Å². The van der Waals surface area contributed by atoms with Gasteiger partial charge in [0.2, 0.25) is 11.8 Å². The molecule has 0 saturated carbocycles. The molecule has 2 amide bonds. The minimum absolute atomic E-state index is 0.0876. The van der Waals surface area contributed by atoms with Crippen molar-refractivity contribution in [1.82, 2.24) is 10.2 Å². The van der Waals surface area contributed by atoms with Crippen molar-refractivity contribution in [2.24, 2.45) is 0 Å². The Bertz CT molecular complexity index is 1470. The maximum atomic E-state index is 14.2. The first-order valence-corrected chi connectivity index (χ1v) is 15.8. The number of unbranched alkanes of at least 4 members (excludes halogenated alkanes) is 1. The molecule has 3 aromatic carbocycles. The molecule has 0 unspecified atom stereocenters. The summed E-state index contributed by atoms with van der Waals surface area (Å²) in [6.45, 7) is 9.68. The van der Waals surface area contributed by atoms with Gasteiger partial charge in [-0.2, -0.15) is 0 Å². The van der Waals surface area contributed by atoms with Gasteiger partial charge in [-0.3, -0.25) is 13.9 Å². The van der Waals surface area contributed by atoms with Gasteiger partial charge < -0.3 is 15.0 Å². The van der Waals surface area contributed by atoms with Crippen LogP contribution in [0, 0.1) is 20.8 Å². The average molecular weight is 594 g/mol. The van der Waals surface area contributed by atoms with Crippen LogP contribution < -0.4 is 14.4 Å². The molecule has 0 aromatic heterocycles. The van der Waals surface area contributed by atoms with E-state index in [1.807, 2.05) is 65.0 Å². The second-order valence-electron chi connectivity index (χ2n) is 10.6. The lowest BCUT2D eigenvalue weighted by Gasteiger charge is -2.33. The number of nitrogens with zero attached hydrogens (tertiary/aromatic N) is 2. The van der Waals surface area contributed by atoms with E-state index >= 15 is 0 Å². The zero-order chi connectivity index (χ0) is 30.9. The molecule has 0 bridgehead atoms. The quantitative estimate of drug-likeness (QED) is 0.248. The molecule has 1 N–H and O–H groups in total. The molecule has 8 nitrogen and oxygen atoms in total. The van der Waals surface area contributed by atoms with Gasteiger partial charge in [-0.05, 0) is 75.1 Å². The molecule has 1 atom stereocenters. The van der Waals surface area contributed by atoms with E-state index in [-0.39, 0.29) is 17.3 Å². The average Bonchev–Trinajstić information content (AvgIpc) is 2.96. The van der Waals surface area contributed by atoms with Crippen molar-refractivity contribution in [3.8, 4) is 5.75 Å². The molecule has 0 aliphatic heterocycles. The highest BCUT2D eigenvalue weighted by atomic mass is 32.2. The summed E-state index contributed by atoms with van der Waals surface area (Å²) < 4.78 is 34.7. The van der Waals surface area contributed by atoms with E-state index in [4.69, 9.17) is 4.74 Å². The monoisotopic (exact) mass is 593 g/mol. The molecule has 0 fully saturated rings. The van der Waals surface area contributed by atoms with E-state index in [1.54, 1.807) is 43.5 Å². The van der Waals surface area contributed by atoms with Crippen LogP contribution in [0.2, 0.25) is 0 Å². The molecular formula is C33H43N3O5S. The maximum Gasteiger partial charge on any atom is 0.264 e. The number of benzene rings is 3. The molecule has 0 saturated heterocycles. The van der Waals surface area contributed by atoms with Crippen molar-refractivity contribution in [2.45, 2.75) is 71.4 Å². The first-order valence-electron chi connectivity index (χ1n) is 14.4. The van der Waals surface area contributed by atoms with E-state index in [9.17, 15) is 18.0 Å². The van der Waals surface area contributed by atoms with Crippen LogP contribution in [0.3, 0.4) is 0 Å². The summed E-state index contributed by atoms with van der Waals surface area (Å²) in [5.41, 5.74) is 3.80. The molecule has 226 valence electrons. The summed E-state index contributed by atoms with van der Waals surface area (Å²) >= 11 is 0. The molecule has 0 heterocycles. The van der Waals surface area contributed by atoms with Gasteiger partial charge in [-0.1, -0.05) is 67.8 Å². The summed E-state index contributed by atoms with van der Waals surface area (Å²) in [5.74, 6) is -0.119. The highest BCUT2D eigenvalue weighted by Gasteiger charge is 2.34. The zero-order valence-corrected chi connectivity index (χ0v) is 26.3. The smallest absolute Gasteiger partial charge is 0.264 e. The van der Waals surface area contributed by atoms with Gasteiger partial charge in [-0.25, -0.2) is 8.42 Å². The third-order valence-electron chi connectivity index (χ3n) is 7.21. The predicted molar refractivity (Wildman–Crippen MR) is 167 cm³/mol. The second-order valence-corrected chi connectivity index (χ2v) is 12.4. The summed E-state index contributed by atoms with van der Waals surface area (Å²) in [4.78, 5) is 29.2. The second kappa shape index (κ2) is 14.9. The summed E-state index contributed by atoms with van der Waals surface area (Å²) in [5, 5.41) is 2.95. The van der Waals surface area contributed by atoms with Gasteiger partial charge in [0.05, 0.1) is 17.7 Å². The third-order valence-corrected chi connectivity index (χ3v) is 8.99. The van der Waals surface area contributed by atoms with Crippen molar-refractivity contribution in [3.63, 3.8) is 0 Å². The molecule has 0 radical (unpaired) electrons. The molecule has 3 aromatic rings. The van der Waals surface area contributed by atoms with Crippen molar-refractivity contribution < 1.29 is 22.7 Å².